The van der Waals surface area contributed by atoms with Crippen LogP contribution in [0.15, 0.2) is 30.6 Å². The van der Waals surface area contributed by atoms with Crippen molar-refractivity contribution >= 4 is 11.4 Å². The molecule has 0 aromatic carbocycles. The molecule has 1 amide bonds. The van der Waals surface area contributed by atoms with Gasteiger partial charge >= 0.3 is 0 Å². The van der Waals surface area contributed by atoms with Crippen molar-refractivity contribution in [2.75, 3.05) is 6.54 Å². The van der Waals surface area contributed by atoms with Crippen molar-refractivity contribution in [3.8, 4) is 0 Å². The smallest absolute Gasteiger partial charge is 0.255 e. The molecule has 0 bridgehead atoms. The van der Waals surface area contributed by atoms with Gasteiger partial charge in [-0.2, -0.15) is 5.10 Å². The molecule has 0 radical (unpaired) electrons. The van der Waals surface area contributed by atoms with Gasteiger partial charge in [0.25, 0.3) is 5.91 Å². The van der Waals surface area contributed by atoms with Gasteiger partial charge in [-0.1, -0.05) is 6.07 Å². The molecule has 3 rings (SSSR count). The van der Waals surface area contributed by atoms with E-state index in [-0.39, 0.29) is 5.91 Å². The Morgan fingerprint density at radius 2 is 2.37 bits per heavy atom. The van der Waals surface area contributed by atoms with Crippen LogP contribution in [0, 0.1) is 5.92 Å². The average Bonchev–Trinajstić information content (AvgIpc) is 3.02. The Morgan fingerprint density at radius 1 is 1.47 bits per heavy atom. The molecule has 3 N–H and O–H groups in total. The summed E-state index contributed by atoms with van der Waals surface area (Å²) in [5.41, 5.74) is 7.34. The molecule has 2 atom stereocenters. The molecule has 2 heterocycles. The first-order valence-electron chi connectivity index (χ1n) is 6.70. The number of nitrogens with one attached hydrogen (secondary N) is 1. The lowest BCUT2D eigenvalue weighted by molar-refractivity contribution is 0.0949. The van der Waals surface area contributed by atoms with Gasteiger partial charge in [0.2, 0.25) is 0 Å². The average molecular weight is 258 g/mol. The number of carbonyl (C=O) groups is 1. The number of pyridine rings is 1. The highest BCUT2D eigenvalue weighted by Gasteiger charge is 2.22. The topological polar surface area (TPSA) is 72.4 Å². The predicted molar refractivity (Wildman–Crippen MR) is 72.8 cm³/mol. The standard InChI is InChI=1S/C14H18N4O/c15-11-5-4-10(7-11)8-16-14(19)12-9-17-18-6-2-1-3-13(12)18/h1-3,6,9-11H,4-5,7-8,15H2,(H,16,19). The van der Waals surface area contributed by atoms with Crippen LogP contribution in [-0.4, -0.2) is 28.1 Å². The van der Waals surface area contributed by atoms with Crippen molar-refractivity contribution in [2.45, 2.75) is 25.3 Å². The molecule has 1 aliphatic rings. The molecule has 5 nitrogen and oxygen atoms in total. The first kappa shape index (κ1) is 12.2. The Kier molecular flexibility index (Phi) is 3.21. The number of rotatable bonds is 3. The highest BCUT2D eigenvalue weighted by Crippen LogP contribution is 2.23. The summed E-state index contributed by atoms with van der Waals surface area (Å²) < 4.78 is 1.71. The van der Waals surface area contributed by atoms with Crippen molar-refractivity contribution in [3.05, 3.63) is 36.2 Å². The molecule has 2 aromatic rings. The lowest BCUT2D eigenvalue weighted by atomic mass is 10.1. The van der Waals surface area contributed by atoms with Gasteiger partial charge in [0.1, 0.15) is 0 Å². The molecule has 1 saturated carbocycles. The van der Waals surface area contributed by atoms with Crippen molar-refractivity contribution in [2.24, 2.45) is 11.7 Å². The van der Waals surface area contributed by atoms with E-state index in [1.165, 1.54) is 0 Å². The minimum atomic E-state index is -0.0540. The Labute approximate surface area is 111 Å². The second kappa shape index (κ2) is 5.01. The Hall–Kier alpha value is -1.88. The van der Waals surface area contributed by atoms with Crippen molar-refractivity contribution in [1.82, 2.24) is 14.9 Å². The monoisotopic (exact) mass is 258 g/mol. The predicted octanol–water partition coefficient (Wildman–Crippen LogP) is 1.19. The zero-order valence-electron chi connectivity index (χ0n) is 10.7. The zero-order chi connectivity index (χ0) is 13.2. The van der Waals surface area contributed by atoms with E-state index in [2.05, 4.69) is 10.4 Å². The van der Waals surface area contributed by atoms with E-state index in [4.69, 9.17) is 5.73 Å². The number of hydrogen-bond donors (Lipinski definition) is 2. The van der Waals surface area contributed by atoms with Crippen LogP contribution in [0.5, 0.6) is 0 Å². The third-order valence-electron chi connectivity index (χ3n) is 3.80. The molecule has 100 valence electrons. The molecule has 19 heavy (non-hydrogen) atoms. The Bertz CT molecular complexity index is 592. The van der Waals surface area contributed by atoms with Crippen LogP contribution >= 0.6 is 0 Å². The minimum absolute atomic E-state index is 0.0540. The van der Waals surface area contributed by atoms with Crippen LogP contribution in [0.3, 0.4) is 0 Å². The van der Waals surface area contributed by atoms with Crippen LogP contribution in [0.4, 0.5) is 0 Å². The van der Waals surface area contributed by atoms with E-state index in [0.717, 1.165) is 24.8 Å². The van der Waals surface area contributed by atoms with E-state index in [1.807, 2.05) is 24.4 Å². The van der Waals surface area contributed by atoms with E-state index < -0.39 is 0 Å². The van der Waals surface area contributed by atoms with Crippen LogP contribution in [0.2, 0.25) is 0 Å². The molecule has 5 heteroatoms. The van der Waals surface area contributed by atoms with Crippen LogP contribution < -0.4 is 11.1 Å². The summed E-state index contributed by atoms with van der Waals surface area (Å²) in [5, 5.41) is 7.16. The third-order valence-corrected chi connectivity index (χ3v) is 3.80. The number of aromatic nitrogens is 2. The first-order chi connectivity index (χ1) is 9.24. The van der Waals surface area contributed by atoms with Crippen LogP contribution in [-0.2, 0) is 0 Å². The van der Waals surface area contributed by atoms with E-state index in [0.29, 0.717) is 24.1 Å². The first-order valence-corrected chi connectivity index (χ1v) is 6.70. The lowest BCUT2D eigenvalue weighted by Crippen LogP contribution is -2.29. The van der Waals surface area contributed by atoms with Gasteiger partial charge in [-0.15, -0.1) is 0 Å². The Balaban J connectivity index is 1.67. The third kappa shape index (κ3) is 2.46. The summed E-state index contributed by atoms with van der Waals surface area (Å²) in [4.78, 5) is 12.2. The second-order valence-corrected chi connectivity index (χ2v) is 5.24. The van der Waals surface area contributed by atoms with E-state index in [9.17, 15) is 4.79 Å². The molecule has 1 aliphatic carbocycles. The summed E-state index contributed by atoms with van der Waals surface area (Å²) in [6.45, 7) is 0.705. The normalized spacial score (nSPS) is 22.8. The number of fused-ring (bicyclic) bond motifs is 1. The fraction of sp³-hybridized carbons (Fsp3) is 0.429. The number of nitrogens with two attached hydrogens (primary N) is 1. The molecule has 2 unspecified atom stereocenters. The highest BCUT2D eigenvalue weighted by molar-refractivity contribution is 6.00. The van der Waals surface area contributed by atoms with Crippen LogP contribution in [0.25, 0.3) is 5.52 Å². The number of amides is 1. The lowest BCUT2D eigenvalue weighted by Gasteiger charge is -2.10. The maximum atomic E-state index is 12.2. The minimum Gasteiger partial charge on any atom is -0.352 e. The number of hydrogen-bond acceptors (Lipinski definition) is 3. The van der Waals surface area contributed by atoms with Gasteiger partial charge in [0.15, 0.2) is 0 Å². The molecule has 0 spiro atoms. The fourth-order valence-corrected chi connectivity index (χ4v) is 2.74. The van der Waals surface area contributed by atoms with Crippen molar-refractivity contribution in [3.63, 3.8) is 0 Å². The summed E-state index contributed by atoms with van der Waals surface area (Å²) in [5.74, 6) is 0.461. The van der Waals surface area contributed by atoms with E-state index in [1.54, 1.807) is 10.7 Å². The molecule has 0 saturated heterocycles. The van der Waals surface area contributed by atoms with Gasteiger partial charge in [-0.3, -0.25) is 4.79 Å². The summed E-state index contributed by atoms with van der Waals surface area (Å²) in [7, 11) is 0. The molecular formula is C14H18N4O. The Morgan fingerprint density at radius 3 is 3.16 bits per heavy atom. The quantitative estimate of drug-likeness (QED) is 0.868. The van der Waals surface area contributed by atoms with Gasteiger partial charge in [-0.25, -0.2) is 4.52 Å². The highest BCUT2D eigenvalue weighted by atomic mass is 16.1. The molecule has 1 fully saturated rings. The maximum Gasteiger partial charge on any atom is 0.255 e. The van der Waals surface area contributed by atoms with Gasteiger partial charge in [0.05, 0.1) is 17.3 Å². The number of carbonyl (C=O) groups excluding carboxylic acids is 1. The van der Waals surface area contributed by atoms with Crippen molar-refractivity contribution < 1.29 is 4.79 Å². The number of nitrogens with zero attached hydrogens (tertiary/aromatic N) is 2. The molecular weight excluding hydrogens is 240 g/mol. The van der Waals surface area contributed by atoms with Gasteiger partial charge in [-0.05, 0) is 37.3 Å². The summed E-state index contributed by atoms with van der Waals surface area (Å²) in [6, 6.07) is 6.00. The largest absolute Gasteiger partial charge is 0.352 e. The second-order valence-electron chi connectivity index (χ2n) is 5.24. The van der Waals surface area contributed by atoms with Gasteiger partial charge in [0, 0.05) is 18.8 Å². The van der Waals surface area contributed by atoms with E-state index >= 15 is 0 Å². The van der Waals surface area contributed by atoms with Crippen molar-refractivity contribution in [1.29, 1.82) is 0 Å². The molecule has 0 aliphatic heterocycles. The summed E-state index contributed by atoms with van der Waals surface area (Å²) in [6.07, 6.45) is 6.63. The fourth-order valence-electron chi connectivity index (χ4n) is 2.74. The van der Waals surface area contributed by atoms with Crippen LogP contribution in [0.1, 0.15) is 29.6 Å². The zero-order valence-corrected chi connectivity index (χ0v) is 10.7. The maximum absolute atomic E-state index is 12.2. The summed E-state index contributed by atoms with van der Waals surface area (Å²) >= 11 is 0. The van der Waals surface area contributed by atoms with Gasteiger partial charge < -0.3 is 11.1 Å². The SMILES string of the molecule is NC1CCC(CNC(=O)c2cnn3ccccc23)C1. The molecule has 2 aromatic heterocycles.